The minimum absolute atomic E-state index is 0.104. The van der Waals surface area contributed by atoms with Gasteiger partial charge in [0.1, 0.15) is 0 Å². The fraction of sp³-hybridized carbons (Fsp3) is 0.778. The van der Waals surface area contributed by atoms with Crippen LogP contribution in [0.2, 0.25) is 0 Å². The average molecular weight is 422 g/mol. The van der Waals surface area contributed by atoms with E-state index in [0.717, 1.165) is 0 Å². The van der Waals surface area contributed by atoms with Crippen molar-refractivity contribution < 1.29 is 76.1 Å². The highest BCUT2D eigenvalue weighted by atomic mass is 19.4. The Hall–Kier alpha value is -1.81. The van der Waals surface area contributed by atoms with E-state index >= 15 is 0 Å². The van der Waals surface area contributed by atoms with Crippen LogP contribution >= 0.6 is 0 Å². The smallest absolute Gasteiger partial charge is 0.456 e. The Morgan fingerprint density at radius 1 is 0.692 bits per heavy atom. The molecule has 154 valence electrons. The first-order chi connectivity index (χ1) is 11.1. The van der Waals surface area contributed by atoms with E-state index in [9.17, 15) is 66.7 Å². The van der Waals surface area contributed by atoms with E-state index in [2.05, 4.69) is 4.74 Å². The second-order valence-corrected chi connectivity index (χ2v) is 4.18. The number of carbonyl (C=O) groups excluding carboxylic acids is 2. The first kappa shape index (κ1) is 24.2. The van der Waals surface area contributed by atoms with Gasteiger partial charge < -0.3 is 4.74 Å². The molecule has 0 saturated heterocycles. The van der Waals surface area contributed by atoms with Crippen molar-refractivity contribution in [3.05, 3.63) is 0 Å². The molecular weight excluding hydrogens is 419 g/mol. The Labute approximate surface area is 132 Å². The monoisotopic (exact) mass is 422 g/mol. The number of ketones is 1. The predicted octanol–water partition coefficient (Wildman–Crippen LogP) is 3.40. The zero-order valence-corrected chi connectivity index (χ0v) is 11.5. The highest BCUT2D eigenvalue weighted by Gasteiger charge is 2.83. The topological polar surface area (TPSA) is 52.6 Å². The Bertz CT molecular complexity index is 563. The summed E-state index contributed by atoms with van der Waals surface area (Å²) in [5.41, 5.74) is 0. The van der Waals surface area contributed by atoms with Crippen LogP contribution in [0, 0.1) is 0 Å². The molecule has 0 aliphatic heterocycles. The van der Waals surface area contributed by atoms with Crippen LogP contribution in [0.4, 0.5) is 57.1 Å². The first-order valence-corrected chi connectivity index (χ1v) is 5.39. The summed E-state index contributed by atoms with van der Waals surface area (Å²) in [5.74, 6) is -29.7. The van der Waals surface area contributed by atoms with Gasteiger partial charge in [-0.2, -0.15) is 57.1 Å². The van der Waals surface area contributed by atoms with Crippen LogP contribution in [-0.4, -0.2) is 55.0 Å². The van der Waals surface area contributed by atoms with Crippen molar-refractivity contribution in [1.29, 1.82) is 0 Å². The number of hydrogen-bond donors (Lipinski definition) is 0. The summed E-state index contributed by atoms with van der Waals surface area (Å²) < 4.78 is 169. The molecule has 0 aliphatic rings. The van der Waals surface area contributed by atoms with Gasteiger partial charge in [0.25, 0.3) is 0 Å². The van der Waals surface area contributed by atoms with Gasteiger partial charge in [-0.15, -0.1) is 0 Å². The van der Waals surface area contributed by atoms with Crippen molar-refractivity contribution in [3.63, 3.8) is 0 Å². The van der Waals surface area contributed by atoms with E-state index in [1.165, 1.54) is 0 Å². The fourth-order valence-corrected chi connectivity index (χ4v) is 1.11. The van der Waals surface area contributed by atoms with E-state index in [0.29, 0.717) is 0 Å². The maximum Gasteiger partial charge on any atom is 0.456 e. The molecule has 0 heterocycles. The van der Waals surface area contributed by atoms with Crippen molar-refractivity contribution in [1.82, 2.24) is 0 Å². The molecule has 0 spiro atoms. The maximum absolute atomic E-state index is 13.5. The number of alkyl halides is 13. The molecule has 0 aromatic carbocycles. The molecule has 1 atom stereocenters. The van der Waals surface area contributed by atoms with Crippen LogP contribution in [0.25, 0.3) is 0 Å². The summed E-state index contributed by atoms with van der Waals surface area (Å²) in [6.45, 7) is 0. The summed E-state index contributed by atoms with van der Waals surface area (Å²) in [6, 6.07) is 0. The maximum atomic E-state index is 13.5. The number of hydrogen-bond acceptors (Lipinski definition) is 4. The number of halogens is 13. The Kier molecular flexibility index (Phi) is 5.97. The summed E-state index contributed by atoms with van der Waals surface area (Å²) in [6.07, 6.45) is -21.6. The van der Waals surface area contributed by atoms with Gasteiger partial charge in [-0.05, 0) is 0 Å². The van der Waals surface area contributed by atoms with Gasteiger partial charge in [0.2, 0.25) is 0 Å². The Morgan fingerprint density at radius 2 is 1.08 bits per heavy atom. The van der Waals surface area contributed by atoms with E-state index in [1.807, 2.05) is 0 Å². The third-order valence-corrected chi connectivity index (χ3v) is 2.39. The molecule has 1 unspecified atom stereocenters. The second-order valence-electron chi connectivity index (χ2n) is 4.18. The standard InChI is InChI=1S/C9H3F13O4/c1-25-3(24)5(12,13)7(17,8(18,19)20)26-9(21,22)4(10,11)2(23)6(14,15)16/h1H3. The van der Waals surface area contributed by atoms with Gasteiger partial charge in [0.15, 0.2) is 0 Å². The highest BCUT2D eigenvalue weighted by Crippen LogP contribution is 2.52. The predicted molar refractivity (Wildman–Crippen MR) is 48.9 cm³/mol. The van der Waals surface area contributed by atoms with Gasteiger partial charge in [0, 0.05) is 0 Å². The molecule has 17 heteroatoms. The second kappa shape index (κ2) is 6.41. The Morgan fingerprint density at radius 3 is 1.35 bits per heavy atom. The molecule has 0 rings (SSSR count). The summed E-state index contributed by atoms with van der Waals surface area (Å²) >= 11 is 0. The highest BCUT2D eigenvalue weighted by molar-refractivity contribution is 5.91. The molecule has 0 fully saturated rings. The molecule has 0 bridgehead atoms. The lowest BCUT2D eigenvalue weighted by molar-refractivity contribution is -0.476. The third-order valence-electron chi connectivity index (χ3n) is 2.39. The van der Waals surface area contributed by atoms with Crippen molar-refractivity contribution in [2.24, 2.45) is 0 Å². The van der Waals surface area contributed by atoms with Crippen LogP contribution in [0.15, 0.2) is 0 Å². The Balaban J connectivity index is 6.33. The molecule has 4 nitrogen and oxygen atoms in total. The molecular formula is C9H3F13O4. The number of methoxy groups -OCH3 is 1. The third kappa shape index (κ3) is 3.80. The minimum Gasteiger partial charge on any atom is -0.464 e. The molecule has 0 amide bonds. The average Bonchev–Trinajstić information content (AvgIpc) is 2.42. The lowest BCUT2D eigenvalue weighted by Gasteiger charge is -2.36. The van der Waals surface area contributed by atoms with E-state index in [4.69, 9.17) is 0 Å². The van der Waals surface area contributed by atoms with Crippen LogP contribution in [-0.2, 0) is 19.1 Å². The fourth-order valence-electron chi connectivity index (χ4n) is 1.11. The zero-order valence-electron chi connectivity index (χ0n) is 11.5. The lowest BCUT2D eigenvalue weighted by Crippen LogP contribution is -2.66. The van der Waals surface area contributed by atoms with Gasteiger partial charge >= 0.3 is 47.9 Å². The summed E-state index contributed by atoms with van der Waals surface area (Å²) in [7, 11) is -0.104. The van der Waals surface area contributed by atoms with Crippen LogP contribution in [0.3, 0.4) is 0 Å². The van der Waals surface area contributed by atoms with E-state index < -0.39 is 47.9 Å². The number of Topliss-reactive ketones (excluding diaryl/α,β-unsaturated/α-hetero) is 1. The zero-order chi connectivity index (χ0) is 21.6. The van der Waals surface area contributed by atoms with Gasteiger partial charge in [-0.1, -0.05) is 0 Å². The van der Waals surface area contributed by atoms with Gasteiger partial charge in [-0.25, -0.2) is 4.79 Å². The molecule has 0 aliphatic carbocycles. The van der Waals surface area contributed by atoms with Crippen molar-refractivity contribution in [2.75, 3.05) is 7.11 Å². The number of rotatable bonds is 6. The minimum atomic E-state index is -7.43. The van der Waals surface area contributed by atoms with Crippen LogP contribution in [0.1, 0.15) is 0 Å². The summed E-state index contributed by atoms with van der Waals surface area (Å²) in [5, 5.41) is 0. The number of esters is 1. The van der Waals surface area contributed by atoms with Gasteiger partial charge in [-0.3, -0.25) is 9.53 Å². The largest absolute Gasteiger partial charge is 0.464 e. The van der Waals surface area contributed by atoms with Crippen molar-refractivity contribution >= 4 is 11.8 Å². The quantitative estimate of drug-likeness (QED) is 0.487. The molecule has 0 saturated carbocycles. The number of carbonyl (C=O) groups is 2. The SMILES string of the molecule is COC(=O)C(F)(F)C(F)(OC(F)(F)C(F)(F)C(=O)C(F)(F)F)C(F)(F)F. The summed E-state index contributed by atoms with van der Waals surface area (Å²) in [4.78, 5) is 20.7. The first-order valence-electron chi connectivity index (χ1n) is 5.39. The molecule has 0 aromatic rings. The van der Waals surface area contributed by atoms with Crippen molar-refractivity contribution in [3.8, 4) is 0 Å². The number of ether oxygens (including phenoxy) is 2. The normalized spacial score (nSPS) is 16.8. The molecule has 26 heavy (non-hydrogen) atoms. The lowest BCUT2D eigenvalue weighted by atomic mass is 10.1. The van der Waals surface area contributed by atoms with Crippen LogP contribution in [0.5, 0.6) is 0 Å². The molecule has 0 N–H and O–H groups in total. The van der Waals surface area contributed by atoms with Crippen molar-refractivity contribution in [2.45, 2.75) is 36.2 Å². The van der Waals surface area contributed by atoms with Crippen LogP contribution < -0.4 is 0 Å². The molecule has 0 aromatic heterocycles. The van der Waals surface area contributed by atoms with E-state index in [1.54, 1.807) is 4.74 Å². The van der Waals surface area contributed by atoms with Gasteiger partial charge in [0.05, 0.1) is 7.11 Å². The van der Waals surface area contributed by atoms with E-state index in [-0.39, 0.29) is 7.11 Å². The molecule has 0 radical (unpaired) electrons.